The molecule has 0 aliphatic carbocycles. The summed E-state index contributed by atoms with van der Waals surface area (Å²) in [4.78, 5) is 10.5. The molecular formula is C9H16O. The van der Waals surface area contributed by atoms with E-state index in [2.05, 4.69) is 20.4 Å². The molecule has 2 atom stereocenters. The molecule has 0 aromatic rings. The summed E-state index contributed by atoms with van der Waals surface area (Å²) < 4.78 is 0. The van der Waals surface area contributed by atoms with Gasteiger partial charge in [-0.3, -0.25) is 0 Å². The quantitative estimate of drug-likeness (QED) is 0.432. The molecular weight excluding hydrogens is 124 g/mol. The molecule has 0 saturated heterocycles. The van der Waals surface area contributed by atoms with Gasteiger partial charge in [-0.25, -0.2) is 0 Å². The highest BCUT2D eigenvalue weighted by Crippen LogP contribution is 2.18. The van der Waals surface area contributed by atoms with Crippen LogP contribution in [-0.4, -0.2) is 6.29 Å². The highest BCUT2D eigenvalue weighted by atomic mass is 16.1. The molecule has 1 heteroatoms. The molecule has 0 aromatic carbocycles. The van der Waals surface area contributed by atoms with Gasteiger partial charge in [-0.15, -0.1) is 6.58 Å². The van der Waals surface area contributed by atoms with Gasteiger partial charge in [0.25, 0.3) is 0 Å². The van der Waals surface area contributed by atoms with E-state index in [9.17, 15) is 4.79 Å². The lowest BCUT2D eigenvalue weighted by Gasteiger charge is -2.18. The molecule has 0 rings (SSSR count). The number of aldehydes is 1. The summed E-state index contributed by atoms with van der Waals surface area (Å²) >= 11 is 0. The van der Waals surface area contributed by atoms with Crippen LogP contribution >= 0.6 is 0 Å². The molecule has 0 aromatic heterocycles. The predicted octanol–water partition coefficient (Wildman–Crippen LogP) is 2.28. The molecule has 0 heterocycles. The fourth-order valence-corrected chi connectivity index (χ4v) is 1.05. The first-order valence-electron chi connectivity index (χ1n) is 3.71. The highest BCUT2D eigenvalue weighted by Gasteiger charge is 2.16. The Balaban J connectivity index is 4.04. The van der Waals surface area contributed by atoms with Gasteiger partial charge < -0.3 is 4.79 Å². The Morgan fingerprint density at radius 2 is 1.80 bits per heavy atom. The van der Waals surface area contributed by atoms with Gasteiger partial charge in [-0.05, 0) is 11.8 Å². The molecule has 0 aliphatic rings. The van der Waals surface area contributed by atoms with Crippen molar-refractivity contribution >= 4 is 6.29 Å². The van der Waals surface area contributed by atoms with Gasteiger partial charge >= 0.3 is 0 Å². The SMILES string of the molecule is C=CC(C)C(C=O)C(C)C. The Morgan fingerprint density at radius 3 is 1.90 bits per heavy atom. The first-order chi connectivity index (χ1) is 4.63. The zero-order chi connectivity index (χ0) is 8.15. The summed E-state index contributed by atoms with van der Waals surface area (Å²) in [7, 11) is 0. The van der Waals surface area contributed by atoms with Crippen LogP contribution in [-0.2, 0) is 4.79 Å². The molecule has 0 amide bonds. The number of hydrogen-bond donors (Lipinski definition) is 0. The van der Waals surface area contributed by atoms with E-state index >= 15 is 0 Å². The topological polar surface area (TPSA) is 17.1 Å². The zero-order valence-electron chi connectivity index (χ0n) is 7.00. The number of allylic oxidation sites excluding steroid dienone is 1. The highest BCUT2D eigenvalue weighted by molar-refractivity contribution is 5.54. The molecule has 0 aliphatic heterocycles. The van der Waals surface area contributed by atoms with Crippen LogP contribution in [0.5, 0.6) is 0 Å². The number of carbonyl (C=O) groups excluding carboxylic acids is 1. The Kier molecular flexibility index (Phi) is 4.01. The molecule has 0 bridgehead atoms. The minimum atomic E-state index is 0.137. The summed E-state index contributed by atoms with van der Waals surface area (Å²) in [6, 6.07) is 0. The Morgan fingerprint density at radius 1 is 1.30 bits per heavy atom. The zero-order valence-corrected chi connectivity index (χ0v) is 7.00. The third kappa shape index (κ3) is 2.34. The molecule has 0 fully saturated rings. The summed E-state index contributed by atoms with van der Waals surface area (Å²) in [6.45, 7) is 9.78. The summed E-state index contributed by atoms with van der Waals surface area (Å²) in [6.07, 6.45) is 2.86. The summed E-state index contributed by atoms with van der Waals surface area (Å²) in [5.41, 5.74) is 0. The van der Waals surface area contributed by atoms with Crippen LogP contribution in [0, 0.1) is 17.8 Å². The third-order valence-corrected chi connectivity index (χ3v) is 1.91. The molecule has 0 saturated carbocycles. The lowest BCUT2D eigenvalue weighted by Crippen LogP contribution is -2.17. The predicted molar refractivity (Wildman–Crippen MR) is 43.8 cm³/mol. The maximum atomic E-state index is 10.5. The van der Waals surface area contributed by atoms with Gasteiger partial charge in [0.1, 0.15) is 6.29 Å². The van der Waals surface area contributed by atoms with Gasteiger partial charge in [0.2, 0.25) is 0 Å². The van der Waals surface area contributed by atoms with Crippen LogP contribution in [0.2, 0.25) is 0 Å². The second-order valence-electron chi connectivity index (χ2n) is 3.05. The molecule has 10 heavy (non-hydrogen) atoms. The fourth-order valence-electron chi connectivity index (χ4n) is 1.05. The van der Waals surface area contributed by atoms with Crippen molar-refractivity contribution in [3.05, 3.63) is 12.7 Å². The van der Waals surface area contributed by atoms with E-state index in [1.54, 1.807) is 0 Å². The van der Waals surface area contributed by atoms with Crippen molar-refractivity contribution < 1.29 is 4.79 Å². The van der Waals surface area contributed by atoms with E-state index in [0.29, 0.717) is 11.8 Å². The average Bonchev–Trinajstić information content (AvgIpc) is 1.88. The molecule has 0 N–H and O–H groups in total. The van der Waals surface area contributed by atoms with Crippen LogP contribution in [0.1, 0.15) is 20.8 Å². The largest absolute Gasteiger partial charge is 0.303 e. The maximum absolute atomic E-state index is 10.5. The number of rotatable bonds is 4. The van der Waals surface area contributed by atoms with E-state index in [1.807, 2.05) is 13.0 Å². The van der Waals surface area contributed by atoms with Gasteiger partial charge in [0.15, 0.2) is 0 Å². The molecule has 58 valence electrons. The van der Waals surface area contributed by atoms with E-state index in [-0.39, 0.29) is 5.92 Å². The lowest BCUT2D eigenvalue weighted by atomic mass is 9.86. The second-order valence-corrected chi connectivity index (χ2v) is 3.05. The Hall–Kier alpha value is -0.590. The van der Waals surface area contributed by atoms with Gasteiger partial charge in [0.05, 0.1) is 0 Å². The fraction of sp³-hybridized carbons (Fsp3) is 0.667. The minimum Gasteiger partial charge on any atom is -0.303 e. The van der Waals surface area contributed by atoms with E-state index in [4.69, 9.17) is 0 Å². The normalized spacial score (nSPS) is 16.4. The number of hydrogen-bond acceptors (Lipinski definition) is 1. The summed E-state index contributed by atoms with van der Waals surface area (Å²) in [5, 5.41) is 0. The van der Waals surface area contributed by atoms with Crippen molar-refractivity contribution in [1.82, 2.24) is 0 Å². The average molecular weight is 140 g/mol. The van der Waals surface area contributed by atoms with Crippen LogP contribution in [0.3, 0.4) is 0 Å². The van der Waals surface area contributed by atoms with Crippen LogP contribution in [0.25, 0.3) is 0 Å². The van der Waals surface area contributed by atoms with Gasteiger partial charge in [-0.2, -0.15) is 0 Å². The molecule has 0 radical (unpaired) electrons. The smallest absolute Gasteiger partial charge is 0.123 e. The van der Waals surface area contributed by atoms with Crippen molar-refractivity contribution in [3.63, 3.8) is 0 Å². The van der Waals surface area contributed by atoms with Gasteiger partial charge in [0, 0.05) is 5.92 Å². The standard InChI is InChI=1S/C9H16O/c1-5-8(4)9(6-10)7(2)3/h5-9H,1H2,2-4H3. The Bertz CT molecular complexity index is 116. The molecule has 0 spiro atoms. The van der Waals surface area contributed by atoms with Crippen molar-refractivity contribution in [2.45, 2.75) is 20.8 Å². The van der Waals surface area contributed by atoms with Crippen molar-refractivity contribution in [2.24, 2.45) is 17.8 Å². The van der Waals surface area contributed by atoms with Crippen LogP contribution in [0.4, 0.5) is 0 Å². The van der Waals surface area contributed by atoms with E-state index in [1.165, 1.54) is 0 Å². The van der Waals surface area contributed by atoms with Gasteiger partial charge in [-0.1, -0.05) is 26.8 Å². The molecule has 1 nitrogen and oxygen atoms in total. The third-order valence-electron chi connectivity index (χ3n) is 1.91. The van der Waals surface area contributed by atoms with Crippen molar-refractivity contribution in [2.75, 3.05) is 0 Å². The van der Waals surface area contributed by atoms with Crippen molar-refractivity contribution in [1.29, 1.82) is 0 Å². The van der Waals surface area contributed by atoms with Crippen molar-refractivity contribution in [3.8, 4) is 0 Å². The van der Waals surface area contributed by atoms with Crippen LogP contribution < -0.4 is 0 Å². The monoisotopic (exact) mass is 140 g/mol. The van der Waals surface area contributed by atoms with E-state index < -0.39 is 0 Å². The first-order valence-corrected chi connectivity index (χ1v) is 3.71. The molecule has 2 unspecified atom stereocenters. The summed E-state index contributed by atoms with van der Waals surface area (Å²) in [5.74, 6) is 0.862. The Labute approximate surface area is 63.1 Å². The second kappa shape index (κ2) is 4.26. The minimum absolute atomic E-state index is 0.137. The lowest BCUT2D eigenvalue weighted by molar-refractivity contribution is -0.113. The number of carbonyl (C=O) groups is 1. The maximum Gasteiger partial charge on any atom is 0.123 e. The van der Waals surface area contributed by atoms with E-state index in [0.717, 1.165) is 6.29 Å². The first kappa shape index (κ1) is 9.41. The van der Waals surface area contributed by atoms with Crippen LogP contribution in [0.15, 0.2) is 12.7 Å².